The topological polar surface area (TPSA) is 116 Å². The van der Waals surface area contributed by atoms with E-state index in [1.54, 1.807) is 16.9 Å². The van der Waals surface area contributed by atoms with E-state index < -0.39 is 6.29 Å². The average molecular weight is 284 g/mol. The minimum absolute atomic E-state index is 0.154. The van der Waals surface area contributed by atoms with Crippen LogP contribution in [0.15, 0.2) is 12.3 Å². The van der Waals surface area contributed by atoms with E-state index in [0.29, 0.717) is 25.3 Å². The third-order valence-corrected chi connectivity index (χ3v) is 2.53. The molecule has 0 bridgehead atoms. The quantitative estimate of drug-likeness (QED) is 0.477. The first-order chi connectivity index (χ1) is 9.49. The van der Waals surface area contributed by atoms with Gasteiger partial charge in [-0.25, -0.2) is 4.68 Å². The molecular formula is C12H20N4O4. The molecule has 0 aliphatic heterocycles. The third-order valence-electron chi connectivity index (χ3n) is 2.53. The third kappa shape index (κ3) is 6.30. The zero-order valence-corrected chi connectivity index (χ0v) is 11.4. The van der Waals surface area contributed by atoms with Crippen LogP contribution in [0.25, 0.3) is 0 Å². The van der Waals surface area contributed by atoms with E-state index in [4.69, 9.17) is 10.2 Å². The summed E-state index contributed by atoms with van der Waals surface area (Å²) >= 11 is 0. The summed E-state index contributed by atoms with van der Waals surface area (Å²) in [6.07, 6.45) is 1.04. The van der Waals surface area contributed by atoms with Crippen LogP contribution in [0, 0.1) is 0 Å². The number of hydrogen-bond acceptors (Lipinski definition) is 5. The molecule has 112 valence electrons. The molecule has 0 aromatic carbocycles. The first-order valence-electron chi connectivity index (χ1n) is 6.41. The highest BCUT2D eigenvalue weighted by atomic mass is 16.5. The Morgan fingerprint density at radius 3 is 2.85 bits per heavy atom. The van der Waals surface area contributed by atoms with Crippen molar-refractivity contribution < 1.29 is 19.8 Å². The predicted molar refractivity (Wildman–Crippen MR) is 71.6 cm³/mol. The van der Waals surface area contributed by atoms with E-state index >= 15 is 0 Å². The normalized spacial score (nSPS) is 10.6. The van der Waals surface area contributed by atoms with Crippen molar-refractivity contribution in [2.45, 2.75) is 39.0 Å². The van der Waals surface area contributed by atoms with Gasteiger partial charge in [-0.1, -0.05) is 0 Å². The Labute approximate surface area is 116 Å². The van der Waals surface area contributed by atoms with Crippen LogP contribution in [0.2, 0.25) is 0 Å². The van der Waals surface area contributed by atoms with Crippen LogP contribution in [0.3, 0.4) is 0 Å². The SMILES string of the molecule is CC(=O)Nc1ccnn1CCNC(=O)CCCC(O)O. The first kappa shape index (κ1) is 16.1. The maximum atomic E-state index is 11.4. The number of carbonyl (C=O) groups excluding carboxylic acids is 2. The lowest BCUT2D eigenvalue weighted by atomic mass is 10.2. The highest BCUT2D eigenvalue weighted by molar-refractivity contribution is 5.87. The van der Waals surface area contributed by atoms with E-state index in [-0.39, 0.29) is 24.7 Å². The summed E-state index contributed by atoms with van der Waals surface area (Å²) in [7, 11) is 0. The molecule has 0 unspecified atom stereocenters. The molecular weight excluding hydrogens is 264 g/mol. The molecule has 0 spiro atoms. The number of carbonyl (C=O) groups is 2. The van der Waals surface area contributed by atoms with Crippen molar-refractivity contribution in [3.8, 4) is 0 Å². The summed E-state index contributed by atoms with van der Waals surface area (Å²) in [5, 5.41) is 26.7. The van der Waals surface area contributed by atoms with Crippen molar-refractivity contribution in [2.24, 2.45) is 0 Å². The van der Waals surface area contributed by atoms with Crippen LogP contribution < -0.4 is 10.6 Å². The minimum Gasteiger partial charge on any atom is -0.368 e. The highest BCUT2D eigenvalue weighted by Gasteiger charge is 2.06. The van der Waals surface area contributed by atoms with Gasteiger partial charge in [-0.2, -0.15) is 5.10 Å². The Balaban J connectivity index is 2.25. The Kier molecular flexibility index (Phi) is 6.68. The number of aliphatic hydroxyl groups is 2. The summed E-state index contributed by atoms with van der Waals surface area (Å²) in [5.74, 6) is 0.243. The molecule has 0 saturated heterocycles. The van der Waals surface area contributed by atoms with Crippen molar-refractivity contribution >= 4 is 17.6 Å². The number of nitrogens with one attached hydrogen (secondary N) is 2. The second kappa shape index (κ2) is 8.28. The van der Waals surface area contributed by atoms with Crippen LogP contribution in [0.4, 0.5) is 5.82 Å². The lowest BCUT2D eigenvalue weighted by Gasteiger charge is -2.09. The summed E-state index contributed by atoms with van der Waals surface area (Å²) in [6, 6.07) is 1.67. The summed E-state index contributed by atoms with van der Waals surface area (Å²) in [6.45, 7) is 2.24. The molecule has 0 radical (unpaired) electrons. The van der Waals surface area contributed by atoms with Crippen molar-refractivity contribution in [1.29, 1.82) is 0 Å². The lowest BCUT2D eigenvalue weighted by molar-refractivity contribution is -0.121. The van der Waals surface area contributed by atoms with Gasteiger partial charge >= 0.3 is 0 Å². The standard InChI is InChI=1S/C12H20N4O4/c1-9(17)15-10-5-6-14-16(10)8-7-13-11(18)3-2-4-12(19)20/h5-6,12,19-20H,2-4,7-8H2,1H3,(H,13,18)(H,15,17). The van der Waals surface area contributed by atoms with Gasteiger partial charge in [0.2, 0.25) is 11.8 Å². The fourth-order valence-electron chi connectivity index (χ4n) is 1.63. The lowest BCUT2D eigenvalue weighted by Crippen LogP contribution is -2.28. The van der Waals surface area contributed by atoms with Crippen LogP contribution in [0.1, 0.15) is 26.2 Å². The minimum atomic E-state index is -1.37. The number of amides is 2. The smallest absolute Gasteiger partial charge is 0.222 e. The van der Waals surface area contributed by atoms with Gasteiger partial charge in [0.25, 0.3) is 0 Å². The van der Waals surface area contributed by atoms with Crippen molar-refractivity contribution in [3.63, 3.8) is 0 Å². The second-order valence-corrected chi connectivity index (χ2v) is 4.34. The molecule has 8 heteroatoms. The summed E-state index contributed by atoms with van der Waals surface area (Å²) < 4.78 is 1.58. The van der Waals surface area contributed by atoms with Crippen LogP contribution in [-0.2, 0) is 16.1 Å². The predicted octanol–water partition coefficient (Wildman–Crippen LogP) is -0.561. The molecule has 8 nitrogen and oxygen atoms in total. The Morgan fingerprint density at radius 2 is 2.20 bits per heavy atom. The zero-order valence-electron chi connectivity index (χ0n) is 11.4. The molecule has 1 rings (SSSR count). The van der Waals surface area contributed by atoms with Gasteiger partial charge < -0.3 is 20.8 Å². The maximum absolute atomic E-state index is 11.4. The Hall–Kier alpha value is -1.93. The number of aromatic nitrogens is 2. The molecule has 1 heterocycles. The Morgan fingerprint density at radius 1 is 1.45 bits per heavy atom. The second-order valence-electron chi connectivity index (χ2n) is 4.34. The molecule has 0 fully saturated rings. The van der Waals surface area contributed by atoms with E-state index in [1.165, 1.54) is 6.92 Å². The number of rotatable bonds is 8. The van der Waals surface area contributed by atoms with Gasteiger partial charge in [-0.15, -0.1) is 0 Å². The number of aliphatic hydroxyl groups excluding tert-OH is 1. The van der Waals surface area contributed by atoms with Crippen molar-refractivity contribution in [2.75, 3.05) is 11.9 Å². The molecule has 4 N–H and O–H groups in total. The molecule has 0 aliphatic rings. The highest BCUT2D eigenvalue weighted by Crippen LogP contribution is 2.05. The van der Waals surface area contributed by atoms with Crippen molar-refractivity contribution in [1.82, 2.24) is 15.1 Å². The van der Waals surface area contributed by atoms with Gasteiger partial charge in [-0.3, -0.25) is 9.59 Å². The van der Waals surface area contributed by atoms with Gasteiger partial charge in [0.15, 0.2) is 6.29 Å². The van der Waals surface area contributed by atoms with Crippen LogP contribution >= 0.6 is 0 Å². The van der Waals surface area contributed by atoms with Crippen LogP contribution in [0.5, 0.6) is 0 Å². The number of nitrogens with zero attached hydrogens (tertiary/aromatic N) is 2. The molecule has 0 atom stereocenters. The van der Waals surface area contributed by atoms with Gasteiger partial charge in [0, 0.05) is 26.0 Å². The van der Waals surface area contributed by atoms with Crippen LogP contribution in [-0.4, -0.2) is 44.6 Å². The molecule has 1 aromatic rings. The fourth-order valence-corrected chi connectivity index (χ4v) is 1.63. The first-order valence-corrected chi connectivity index (χ1v) is 6.41. The van der Waals surface area contributed by atoms with Gasteiger partial charge in [0.1, 0.15) is 5.82 Å². The summed E-state index contributed by atoms with van der Waals surface area (Å²) in [5.41, 5.74) is 0. The monoisotopic (exact) mass is 284 g/mol. The molecule has 0 saturated carbocycles. The molecule has 0 aliphatic carbocycles. The average Bonchev–Trinajstić information content (AvgIpc) is 2.75. The number of hydrogen-bond donors (Lipinski definition) is 4. The molecule has 2 amide bonds. The maximum Gasteiger partial charge on any atom is 0.222 e. The Bertz CT molecular complexity index is 444. The molecule has 1 aromatic heterocycles. The van der Waals surface area contributed by atoms with E-state index in [0.717, 1.165) is 0 Å². The molecule has 20 heavy (non-hydrogen) atoms. The van der Waals surface area contributed by atoms with Crippen molar-refractivity contribution in [3.05, 3.63) is 12.3 Å². The summed E-state index contributed by atoms with van der Waals surface area (Å²) in [4.78, 5) is 22.4. The van der Waals surface area contributed by atoms with E-state index in [9.17, 15) is 9.59 Å². The fraction of sp³-hybridized carbons (Fsp3) is 0.583. The largest absolute Gasteiger partial charge is 0.368 e. The van der Waals surface area contributed by atoms with Gasteiger partial charge in [-0.05, 0) is 12.8 Å². The van der Waals surface area contributed by atoms with Gasteiger partial charge in [0.05, 0.1) is 12.7 Å². The van der Waals surface area contributed by atoms with E-state index in [2.05, 4.69) is 15.7 Å². The number of anilines is 1. The zero-order chi connectivity index (χ0) is 15.0. The van der Waals surface area contributed by atoms with E-state index in [1.807, 2.05) is 0 Å².